The van der Waals surface area contributed by atoms with Crippen molar-refractivity contribution < 1.29 is 13.9 Å². The third-order valence-electron chi connectivity index (χ3n) is 3.22. The highest BCUT2D eigenvalue weighted by Gasteiger charge is 2.18. The van der Waals surface area contributed by atoms with Gasteiger partial charge < -0.3 is 9.47 Å². The van der Waals surface area contributed by atoms with Crippen LogP contribution in [0.2, 0.25) is 5.02 Å². The Labute approximate surface area is 133 Å². The van der Waals surface area contributed by atoms with Crippen LogP contribution >= 0.6 is 23.2 Å². The average Bonchev–Trinajstić information content (AvgIpc) is 2.50. The highest BCUT2D eigenvalue weighted by molar-refractivity contribution is 6.31. The average molecular weight is 329 g/mol. The molecule has 0 aromatic heterocycles. The Kier molecular flexibility index (Phi) is 5.32. The van der Waals surface area contributed by atoms with Crippen LogP contribution in [0, 0.1) is 5.82 Å². The van der Waals surface area contributed by atoms with E-state index in [0.29, 0.717) is 22.1 Å². The molecule has 2 aromatic carbocycles. The molecule has 5 heteroatoms. The van der Waals surface area contributed by atoms with Crippen molar-refractivity contribution in [1.29, 1.82) is 0 Å². The van der Waals surface area contributed by atoms with Crippen LogP contribution in [0.15, 0.2) is 36.4 Å². The lowest BCUT2D eigenvalue weighted by Crippen LogP contribution is -2.02. The maximum absolute atomic E-state index is 13.8. The van der Waals surface area contributed by atoms with E-state index in [1.807, 2.05) is 6.07 Å². The van der Waals surface area contributed by atoms with Crippen LogP contribution in [0.3, 0.4) is 0 Å². The van der Waals surface area contributed by atoms with Crippen LogP contribution in [0.25, 0.3) is 0 Å². The van der Waals surface area contributed by atoms with E-state index in [1.165, 1.54) is 6.07 Å². The summed E-state index contributed by atoms with van der Waals surface area (Å²) in [5, 5.41) is -0.0895. The van der Waals surface area contributed by atoms with Crippen LogP contribution < -0.4 is 9.47 Å². The van der Waals surface area contributed by atoms with Crippen molar-refractivity contribution in [1.82, 2.24) is 0 Å². The summed E-state index contributed by atoms with van der Waals surface area (Å²) in [6, 6.07) is 9.93. The highest BCUT2D eigenvalue weighted by Crippen LogP contribution is 2.36. The first-order valence-corrected chi connectivity index (χ1v) is 7.17. The number of halogens is 3. The third kappa shape index (κ3) is 3.60. The molecule has 0 amide bonds. The van der Waals surface area contributed by atoms with Gasteiger partial charge in [-0.05, 0) is 24.6 Å². The molecule has 0 fully saturated rings. The summed E-state index contributed by atoms with van der Waals surface area (Å²) in [6.07, 6.45) is 0.274. The van der Waals surface area contributed by atoms with Gasteiger partial charge in [0.05, 0.1) is 19.6 Å². The van der Waals surface area contributed by atoms with E-state index >= 15 is 0 Å². The normalized spacial score (nSPS) is 12.0. The number of benzene rings is 2. The van der Waals surface area contributed by atoms with E-state index in [-0.39, 0.29) is 12.2 Å². The fourth-order valence-electron chi connectivity index (χ4n) is 2.09. The summed E-state index contributed by atoms with van der Waals surface area (Å²) >= 11 is 12.5. The summed E-state index contributed by atoms with van der Waals surface area (Å²) in [6.45, 7) is 0. The van der Waals surface area contributed by atoms with Crippen molar-refractivity contribution in [2.75, 3.05) is 14.2 Å². The Hall–Kier alpha value is -1.45. The van der Waals surface area contributed by atoms with Crippen molar-refractivity contribution in [3.63, 3.8) is 0 Å². The van der Waals surface area contributed by atoms with Gasteiger partial charge in [0.25, 0.3) is 0 Å². The van der Waals surface area contributed by atoms with E-state index in [2.05, 4.69) is 0 Å². The number of methoxy groups -OCH3 is 2. The molecule has 0 saturated heterocycles. The molecule has 21 heavy (non-hydrogen) atoms. The van der Waals surface area contributed by atoms with E-state index in [4.69, 9.17) is 32.7 Å². The fourth-order valence-corrected chi connectivity index (χ4v) is 2.67. The van der Waals surface area contributed by atoms with Crippen LogP contribution in [0.1, 0.15) is 16.5 Å². The predicted molar refractivity (Wildman–Crippen MR) is 83.3 cm³/mol. The molecule has 0 radical (unpaired) electrons. The topological polar surface area (TPSA) is 18.5 Å². The molecule has 0 spiro atoms. The summed E-state index contributed by atoms with van der Waals surface area (Å²) in [5.74, 6) is 0.908. The molecule has 0 N–H and O–H groups in total. The summed E-state index contributed by atoms with van der Waals surface area (Å²) in [5.41, 5.74) is 1.16. The molecule has 0 bridgehead atoms. The van der Waals surface area contributed by atoms with Gasteiger partial charge in [-0.25, -0.2) is 4.39 Å². The lowest BCUT2D eigenvalue weighted by Gasteiger charge is -2.16. The largest absolute Gasteiger partial charge is 0.497 e. The lowest BCUT2D eigenvalue weighted by molar-refractivity contribution is 0.390. The second kappa shape index (κ2) is 7.01. The molecule has 112 valence electrons. The number of hydrogen-bond acceptors (Lipinski definition) is 2. The van der Waals surface area contributed by atoms with Gasteiger partial charge in [0.1, 0.15) is 17.3 Å². The Morgan fingerprint density at radius 2 is 1.90 bits per heavy atom. The number of ether oxygens (including phenoxy) is 2. The molecular weight excluding hydrogens is 314 g/mol. The van der Waals surface area contributed by atoms with Gasteiger partial charge in [0, 0.05) is 22.2 Å². The lowest BCUT2D eigenvalue weighted by atomic mass is 10.0. The zero-order valence-corrected chi connectivity index (χ0v) is 13.2. The van der Waals surface area contributed by atoms with E-state index in [9.17, 15) is 4.39 Å². The molecular formula is C16H15Cl2FO2. The van der Waals surface area contributed by atoms with Gasteiger partial charge >= 0.3 is 0 Å². The molecule has 1 unspecified atom stereocenters. The quantitative estimate of drug-likeness (QED) is 0.717. The zero-order chi connectivity index (χ0) is 15.4. The molecule has 0 aliphatic rings. The second-order valence-corrected chi connectivity index (χ2v) is 5.41. The monoisotopic (exact) mass is 328 g/mol. The first-order valence-electron chi connectivity index (χ1n) is 6.35. The van der Waals surface area contributed by atoms with E-state index in [1.54, 1.807) is 38.5 Å². The van der Waals surface area contributed by atoms with Crippen LogP contribution in [-0.2, 0) is 6.42 Å². The summed E-state index contributed by atoms with van der Waals surface area (Å²) in [7, 11) is 3.13. The summed E-state index contributed by atoms with van der Waals surface area (Å²) < 4.78 is 24.3. The summed E-state index contributed by atoms with van der Waals surface area (Å²) in [4.78, 5) is 0. The third-order valence-corrected chi connectivity index (χ3v) is 3.97. The van der Waals surface area contributed by atoms with Crippen molar-refractivity contribution in [2.24, 2.45) is 0 Å². The number of rotatable bonds is 5. The minimum Gasteiger partial charge on any atom is -0.497 e. The molecule has 2 aromatic rings. The van der Waals surface area contributed by atoms with Crippen molar-refractivity contribution in [2.45, 2.75) is 11.8 Å². The molecule has 2 nitrogen and oxygen atoms in total. The van der Waals surface area contributed by atoms with Gasteiger partial charge in [-0.15, -0.1) is 11.6 Å². The second-order valence-electron chi connectivity index (χ2n) is 4.48. The maximum atomic E-state index is 13.8. The SMILES string of the molecule is COc1ccc(C(Cl)Cc2c(F)cccc2Cl)c(OC)c1. The molecule has 0 saturated carbocycles. The molecule has 0 aliphatic carbocycles. The van der Waals surface area contributed by atoms with Gasteiger partial charge in [-0.1, -0.05) is 23.7 Å². The van der Waals surface area contributed by atoms with Crippen molar-refractivity contribution in [3.8, 4) is 11.5 Å². The van der Waals surface area contributed by atoms with Crippen molar-refractivity contribution >= 4 is 23.2 Å². The minimum atomic E-state index is -0.458. The van der Waals surface area contributed by atoms with Crippen LogP contribution in [-0.4, -0.2) is 14.2 Å². The molecule has 1 atom stereocenters. The predicted octanol–water partition coefficient (Wildman–Crippen LogP) is 5.02. The smallest absolute Gasteiger partial charge is 0.127 e. The Bertz CT molecular complexity index is 611. The van der Waals surface area contributed by atoms with Gasteiger partial charge in [-0.3, -0.25) is 0 Å². The van der Waals surface area contributed by atoms with Crippen LogP contribution in [0.5, 0.6) is 11.5 Å². The highest BCUT2D eigenvalue weighted by atomic mass is 35.5. The standard InChI is InChI=1S/C16H15Cl2FO2/c1-20-10-6-7-11(16(8-10)21-2)14(18)9-12-13(17)4-3-5-15(12)19/h3-8,14H,9H2,1-2H3. The number of alkyl halides is 1. The van der Waals surface area contributed by atoms with Crippen molar-refractivity contribution in [3.05, 3.63) is 58.4 Å². The Balaban J connectivity index is 2.30. The van der Waals surface area contributed by atoms with E-state index < -0.39 is 5.38 Å². The maximum Gasteiger partial charge on any atom is 0.127 e. The first-order chi connectivity index (χ1) is 10.1. The Morgan fingerprint density at radius 3 is 2.52 bits per heavy atom. The first kappa shape index (κ1) is 15.9. The van der Waals surface area contributed by atoms with E-state index in [0.717, 1.165) is 5.56 Å². The zero-order valence-electron chi connectivity index (χ0n) is 11.7. The molecule has 0 aliphatic heterocycles. The molecule has 0 heterocycles. The van der Waals surface area contributed by atoms with Crippen LogP contribution in [0.4, 0.5) is 4.39 Å². The van der Waals surface area contributed by atoms with Gasteiger partial charge in [-0.2, -0.15) is 0 Å². The number of hydrogen-bond donors (Lipinski definition) is 0. The Morgan fingerprint density at radius 1 is 1.14 bits per heavy atom. The van der Waals surface area contributed by atoms with Gasteiger partial charge in [0.2, 0.25) is 0 Å². The molecule has 2 rings (SSSR count). The minimum absolute atomic E-state index is 0.274. The fraction of sp³-hybridized carbons (Fsp3) is 0.250. The van der Waals surface area contributed by atoms with Gasteiger partial charge in [0.15, 0.2) is 0 Å².